The average Bonchev–Trinajstić information content (AvgIpc) is 3.38. The maximum absolute atomic E-state index is 13.4. The molecule has 192 valence electrons. The van der Waals surface area contributed by atoms with Crippen LogP contribution in [0.5, 0.6) is 0 Å². The van der Waals surface area contributed by atoms with Gasteiger partial charge in [0.2, 0.25) is 0 Å². The molecule has 0 atom stereocenters. The summed E-state index contributed by atoms with van der Waals surface area (Å²) in [6.45, 7) is 4.04. The molecular weight excluding hydrogens is 527 g/mol. The fraction of sp³-hybridized carbons (Fsp3) is 0.364. The number of aryl methyl sites for hydroxylation is 2. The maximum atomic E-state index is 13.4. The molecule has 0 saturated carbocycles. The first-order chi connectivity index (χ1) is 15.8. The van der Waals surface area contributed by atoms with Gasteiger partial charge in [-0.2, -0.15) is 5.10 Å². The highest BCUT2D eigenvalue weighted by Gasteiger charge is 2.18. The third-order valence-corrected chi connectivity index (χ3v) is 5.19. The summed E-state index contributed by atoms with van der Waals surface area (Å²) in [5.41, 5.74) is 0.643. The van der Waals surface area contributed by atoms with E-state index < -0.39 is 23.4 Å². The summed E-state index contributed by atoms with van der Waals surface area (Å²) in [4.78, 5) is 29.2. The molecule has 0 fully saturated rings. The van der Waals surface area contributed by atoms with E-state index in [0.717, 1.165) is 37.8 Å². The highest BCUT2D eigenvalue weighted by molar-refractivity contribution is 6.34. The van der Waals surface area contributed by atoms with Crippen LogP contribution in [-0.4, -0.2) is 27.0 Å². The van der Waals surface area contributed by atoms with Crippen molar-refractivity contribution in [1.29, 1.82) is 0 Å². The fourth-order valence-corrected chi connectivity index (χ4v) is 3.44. The van der Waals surface area contributed by atoms with Crippen molar-refractivity contribution in [3.63, 3.8) is 0 Å². The van der Waals surface area contributed by atoms with Crippen molar-refractivity contribution in [2.24, 2.45) is 0 Å². The molecule has 0 spiro atoms. The number of carbonyl (C=O) groups is 2. The number of oxazole rings is 1. The molecule has 35 heavy (non-hydrogen) atoms. The van der Waals surface area contributed by atoms with E-state index in [1.165, 1.54) is 6.07 Å². The molecule has 0 bridgehead atoms. The summed E-state index contributed by atoms with van der Waals surface area (Å²) in [5.74, 6) is -2.51. The number of unbranched alkanes of at least 4 members (excludes halogenated alkanes) is 3. The molecule has 0 radical (unpaired) electrons. The van der Waals surface area contributed by atoms with Crippen LogP contribution in [0.2, 0.25) is 5.02 Å². The summed E-state index contributed by atoms with van der Waals surface area (Å²) in [5, 5.41) is 11.2. The zero-order chi connectivity index (χ0) is 24.0. The van der Waals surface area contributed by atoms with Crippen molar-refractivity contribution in [3.05, 3.63) is 63.5 Å². The topological polar surface area (TPSA) is 113 Å². The second kappa shape index (κ2) is 14.0. The molecule has 2 heterocycles. The molecule has 0 aliphatic carbocycles. The molecule has 13 heteroatoms. The first-order valence-electron chi connectivity index (χ1n) is 10.5. The molecule has 0 aliphatic heterocycles. The molecule has 0 unspecified atom stereocenters. The lowest BCUT2D eigenvalue weighted by atomic mass is 10.1. The van der Waals surface area contributed by atoms with Gasteiger partial charge in [0.05, 0.1) is 22.8 Å². The number of H-pyrrole nitrogens is 1. The van der Waals surface area contributed by atoms with Crippen LogP contribution in [0.3, 0.4) is 0 Å². The van der Waals surface area contributed by atoms with Crippen LogP contribution in [0, 0.1) is 18.6 Å². The zero-order valence-electron chi connectivity index (χ0n) is 19.0. The molecule has 3 rings (SSSR count). The molecule has 0 aliphatic rings. The summed E-state index contributed by atoms with van der Waals surface area (Å²) < 4.78 is 32.2. The van der Waals surface area contributed by atoms with Gasteiger partial charge in [-0.15, -0.1) is 24.8 Å². The lowest BCUT2D eigenvalue weighted by molar-refractivity contribution is 0.0942. The van der Waals surface area contributed by atoms with E-state index in [0.29, 0.717) is 23.8 Å². The van der Waals surface area contributed by atoms with Gasteiger partial charge in [0, 0.05) is 13.0 Å². The Morgan fingerprint density at radius 3 is 2.51 bits per heavy atom. The van der Waals surface area contributed by atoms with Gasteiger partial charge >= 0.3 is 0 Å². The van der Waals surface area contributed by atoms with Crippen molar-refractivity contribution in [1.82, 2.24) is 20.5 Å². The summed E-state index contributed by atoms with van der Waals surface area (Å²) in [6, 6.07) is 2.70. The number of hydrogen-bond acceptors (Lipinski definition) is 5. The van der Waals surface area contributed by atoms with E-state index in [1.54, 1.807) is 6.92 Å². The quantitative estimate of drug-likeness (QED) is 0.218. The van der Waals surface area contributed by atoms with Gasteiger partial charge in [-0.05, 0) is 25.0 Å². The predicted octanol–water partition coefficient (Wildman–Crippen LogP) is 5.79. The van der Waals surface area contributed by atoms with Gasteiger partial charge in [0.1, 0.15) is 11.5 Å². The van der Waals surface area contributed by atoms with E-state index in [1.807, 2.05) is 0 Å². The monoisotopic (exact) mass is 551 g/mol. The smallest absolute Gasteiger partial charge is 0.269 e. The number of halogens is 5. The Hall–Kier alpha value is -2.69. The molecule has 8 nitrogen and oxygen atoms in total. The van der Waals surface area contributed by atoms with E-state index in [4.69, 9.17) is 16.0 Å². The summed E-state index contributed by atoms with van der Waals surface area (Å²) in [6.07, 6.45) is 5.17. The average molecular weight is 553 g/mol. The zero-order valence-corrected chi connectivity index (χ0v) is 21.4. The molecule has 1 aromatic carbocycles. The second-order valence-corrected chi connectivity index (χ2v) is 7.87. The van der Waals surface area contributed by atoms with Gasteiger partial charge in [-0.3, -0.25) is 14.7 Å². The second-order valence-electron chi connectivity index (χ2n) is 7.46. The van der Waals surface area contributed by atoms with Gasteiger partial charge in [0.25, 0.3) is 11.8 Å². The Morgan fingerprint density at radius 1 is 1.09 bits per heavy atom. The maximum Gasteiger partial charge on any atom is 0.269 e. The number of carbonyl (C=O) groups excluding carboxylic acids is 2. The van der Waals surface area contributed by atoms with Crippen LogP contribution >= 0.6 is 36.4 Å². The largest absolute Gasteiger partial charge is 0.444 e. The standard InChI is InChI=1S/C22H24ClF2N5O3.2ClH/c1-3-4-5-6-7-17-19(33-12(2)27-17)11-26-22(32)18-10-20(30-29-18)28-21(31)13-8-15(24)16(25)9-14(13)23;;/h8-10H,3-7,11H2,1-2H3,(H,26,32)(H2,28,29,30,31);2*1H. The first-order valence-corrected chi connectivity index (χ1v) is 10.9. The van der Waals surface area contributed by atoms with Crippen molar-refractivity contribution < 1.29 is 22.8 Å². The fourth-order valence-electron chi connectivity index (χ4n) is 3.20. The van der Waals surface area contributed by atoms with Crippen LogP contribution in [0.1, 0.15) is 70.8 Å². The molecule has 2 aromatic heterocycles. The van der Waals surface area contributed by atoms with Crippen molar-refractivity contribution in [2.75, 3.05) is 5.32 Å². The third-order valence-electron chi connectivity index (χ3n) is 4.88. The Labute approximate surface area is 218 Å². The van der Waals surface area contributed by atoms with Crippen LogP contribution in [0.15, 0.2) is 22.6 Å². The van der Waals surface area contributed by atoms with E-state index >= 15 is 0 Å². The van der Waals surface area contributed by atoms with E-state index in [-0.39, 0.29) is 53.5 Å². The highest BCUT2D eigenvalue weighted by Crippen LogP contribution is 2.21. The van der Waals surface area contributed by atoms with E-state index in [9.17, 15) is 18.4 Å². The predicted molar refractivity (Wildman–Crippen MR) is 133 cm³/mol. The minimum absolute atomic E-state index is 0. The van der Waals surface area contributed by atoms with Crippen molar-refractivity contribution in [3.8, 4) is 0 Å². The van der Waals surface area contributed by atoms with E-state index in [2.05, 4.69) is 32.7 Å². The van der Waals surface area contributed by atoms with Crippen molar-refractivity contribution >= 4 is 54.0 Å². The van der Waals surface area contributed by atoms with Crippen LogP contribution in [-0.2, 0) is 13.0 Å². The van der Waals surface area contributed by atoms with Gasteiger partial charge in [0.15, 0.2) is 23.3 Å². The van der Waals surface area contributed by atoms with Crippen LogP contribution in [0.4, 0.5) is 14.6 Å². The van der Waals surface area contributed by atoms with Gasteiger partial charge in [-0.25, -0.2) is 13.8 Å². The Morgan fingerprint density at radius 2 is 1.80 bits per heavy atom. The molecule has 0 saturated heterocycles. The van der Waals surface area contributed by atoms with Gasteiger partial charge in [-0.1, -0.05) is 37.8 Å². The Bertz CT molecular complexity index is 1150. The number of nitrogens with zero attached hydrogens (tertiary/aromatic N) is 2. The number of aromatic amines is 1. The number of amides is 2. The summed E-state index contributed by atoms with van der Waals surface area (Å²) >= 11 is 5.81. The Kier molecular flexibility index (Phi) is 12.1. The van der Waals surface area contributed by atoms with Crippen LogP contribution in [0.25, 0.3) is 0 Å². The lowest BCUT2D eigenvalue weighted by Gasteiger charge is -2.05. The molecule has 3 aromatic rings. The van der Waals surface area contributed by atoms with Gasteiger partial charge < -0.3 is 15.1 Å². The minimum Gasteiger partial charge on any atom is -0.444 e. The lowest BCUT2D eigenvalue weighted by Crippen LogP contribution is -2.23. The minimum atomic E-state index is -1.21. The Balaban J connectivity index is 0.00000306. The number of nitrogens with one attached hydrogen (secondary N) is 3. The number of aromatic nitrogens is 3. The van der Waals surface area contributed by atoms with Crippen molar-refractivity contribution in [2.45, 2.75) is 52.5 Å². The molecular formula is C22H26Cl3F2N5O3. The number of anilines is 1. The number of rotatable bonds is 10. The highest BCUT2D eigenvalue weighted by atomic mass is 35.5. The number of hydrogen-bond donors (Lipinski definition) is 3. The molecule has 2 amide bonds. The first kappa shape index (κ1) is 30.3. The SMILES string of the molecule is CCCCCCc1nc(C)oc1CNC(=O)c1cc(NC(=O)c2cc(F)c(F)cc2Cl)n[nH]1.Cl.Cl. The third kappa shape index (κ3) is 8.19. The summed E-state index contributed by atoms with van der Waals surface area (Å²) in [7, 11) is 0. The normalized spacial score (nSPS) is 10.3. The number of benzene rings is 1. The van der Waals surface area contributed by atoms with Crippen LogP contribution < -0.4 is 10.6 Å². The molecule has 3 N–H and O–H groups in total.